The zero-order valence-electron chi connectivity index (χ0n) is 16.4. The number of halogens is 3. The van der Waals surface area contributed by atoms with Gasteiger partial charge in [-0.15, -0.1) is 0 Å². The van der Waals surface area contributed by atoms with E-state index in [1.807, 2.05) is 0 Å². The van der Waals surface area contributed by atoms with Crippen LogP contribution in [0.25, 0.3) is 6.08 Å². The molecule has 1 aliphatic heterocycles. The molecule has 150 valence electrons. The van der Waals surface area contributed by atoms with Gasteiger partial charge in [0.1, 0.15) is 5.82 Å². The molecule has 0 bridgehead atoms. The van der Waals surface area contributed by atoms with E-state index in [1.165, 1.54) is 24.1 Å². The van der Waals surface area contributed by atoms with Crippen molar-refractivity contribution in [3.63, 3.8) is 0 Å². The van der Waals surface area contributed by atoms with Gasteiger partial charge in [0.2, 0.25) is 0 Å². The maximum absolute atomic E-state index is 14.0. The Morgan fingerprint density at radius 2 is 1.86 bits per heavy atom. The normalized spacial score (nSPS) is 20.2. The number of hydrogen-bond donors (Lipinski definition) is 0. The minimum atomic E-state index is -2.84. The summed E-state index contributed by atoms with van der Waals surface area (Å²) < 4.78 is 46.5. The molecule has 1 heterocycles. The van der Waals surface area contributed by atoms with Crippen molar-refractivity contribution in [2.75, 3.05) is 6.61 Å². The molecule has 4 heteroatoms. The highest BCUT2D eigenvalue weighted by molar-refractivity contribution is 5.56. The summed E-state index contributed by atoms with van der Waals surface area (Å²) in [7, 11) is 0. The third-order valence-electron chi connectivity index (χ3n) is 5.42. The Hall–Kier alpha value is -2.07. The lowest BCUT2D eigenvalue weighted by Crippen LogP contribution is -2.23. The van der Waals surface area contributed by atoms with E-state index >= 15 is 0 Å². The van der Waals surface area contributed by atoms with Gasteiger partial charge in [0.15, 0.2) is 0 Å². The van der Waals surface area contributed by atoms with Gasteiger partial charge in [-0.05, 0) is 48.4 Å². The van der Waals surface area contributed by atoms with Crippen molar-refractivity contribution in [1.29, 1.82) is 0 Å². The predicted molar refractivity (Wildman–Crippen MR) is 107 cm³/mol. The lowest BCUT2D eigenvalue weighted by Gasteiger charge is -2.28. The monoisotopic (exact) mass is 388 g/mol. The van der Waals surface area contributed by atoms with Gasteiger partial charge >= 0.3 is 0 Å². The molecular formula is C24H27F3O. The predicted octanol–water partition coefficient (Wildman–Crippen LogP) is 7.00. The van der Waals surface area contributed by atoms with Crippen LogP contribution in [0, 0.1) is 12.7 Å². The second-order valence-electron chi connectivity index (χ2n) is 7.50. The third kappa shape index (κ3) is 4.85. The number of aryl methyl sites for hydroxylation is 2. The van der Waals surface area contributed by atoms with Gasteiger partial charge in [0.25, 0.3) is 6.43 Å². The van der Waals surface area contributed by atoms with Crippen LogP contribution >= 0.6 is 0 Å². The van der Waals surface area contributed by atoms with Crippen molar-refractivity contribution >= 4 is 6.08 Å². The van der Waals surface area contributed by atoms with E-state index in [1.54, 1.807) is 18.2 Å². The summed E-state index contributed by atoms with van der Waals surface area (Å²) in [6.45, 7) is 4.27. The van der Waals surface area contributed by atoms with E-state index in [-0.39, 0.29) is 17.2 Å². The van der Waals surface area contributed by atoms with Crippen molar-refractivity contribution in [2.45, 2.75) is 58.0 Å². The molecule has 1 fully saturated rings. The van der Waals surface area contributed by atoms with Gasteiger partial charge in [-0.25, -0.2) is 13.2 Å². The van der Waals surface area contributed by atoms with Gasteiger partial charge in [-0.1, -0.05) is 61.9 Å². The second-order valence-corrected chi connectivity index (χ2v) is 7.50. The first-order valence-corrected chi connectivity index (χ1v) is 9.95. The standard InChI is InChI=1S/C24H27F3O/c1-3-4-17-6-9-18(10-7-17)20-12-14-21(28-15-20)13-11-19-8-5-16(2)23(25)22(19)24(26)27/h5-11,13,20-21,24H,3-4,12,14-15H2,1-2H3. The molecule has 2 aromatic carbocycles. The number of hydrogen-bond acceptors (Lipinski definition) is 1. The fraction of sp³-hybridized carbons (Fsp3) is 0.417. The topological polar surface area (TPSA) is 9.23 Å². The first-order chi connectivity index (χ1) is 13.5. The van der Waals surface area contributed by atoms with Crippen LogP contribution in [0.3, 0.4) is 0 Å². The molecule has 2 unspecified atom stereocenters. The molecule has 28 heavy (non-hydrogen) atoms. The zero-order chi connectivity index (χ0) is 20.1. The first-order valence-electron chi connectivity index (χ1n) is 9.95. The molecule has 0 N–H and O–H groups in total. The smallest absolute Gasteiger partial charge is 0.267 e. The van der Waals surface area contributed by atoms with E-state index in [0.717, 1.165) is 25.7 Å². The van der Waals surface area contributed by atoms with Crippen LogP contribution in [0.4, 0.5) is 13.2 Å². The van der Waals surface area contributed by atoms with Crippen LogP contribution in [-0.4, -0.2) is 12.7 Å². The molecule has 0 radical (unpaired) electrons. The summed E-state index contributed by atoms with van der Waals surface area (Å²) in [6.07, 6.45) is 4.39. The number of rotatable bonds is 6. The highest BCUT2D eigenvalue weighted by Gasteiger charge is 2.22. The minimum Gasteiger partial charge on any atom is -0.374 e. The molecule has 0 aromatic heterocycles. The third-order valence-corrected chi connectivity index (χ3v) is 5.42. The summed E-state index contributed by atoms with van der Waals surface area (Å²) in [6, 6.07) is 11.8. The Kier molecular flexibility index (Phi) is 6.95. The van der Waals surface area contributed by atoms with Gasteiger partial charge in [0, 0.05) is 5.92 Å². The van der Waals surface area contributed by atoms with E-state index in [9.17, 15) is 13.2 Å². The van der Waals surface area contributed by atoms with Crippen molar-refractivity contribution in [3.8, 4) is 0 Å². The maximum atomic E-state index is 14.0. The molecule has 0 spiro atoms. The highest BCUT2D eigenvalue weighted by Crippen LogP contribution is 2.31. The number of benzene rings is 2. The maximum Gasteiger partial charge on any atom is 0.267 e. The Morgan fingerprint density at radius 3 is 2.46 bits per heavy atom. The lowest BCUT2D eigenvalue weighted by molar-refractivity contribution is 0.0331. The van der Waals surface area contributed by atoms with E-state index in [2.05, 4.69) is 31.2 Å². The van der Waals surface area contributed by atoms with Gasteiger partial charge < -0.3 is 4.74 Å². The van der Waals surface area contributed by atoms with Crippen LogP contribution in [0.15, 0.2) is 42.5 Å². The summed E-state index contributed by atoms with van der Waals surface area (Å²) in [4.78, 5) is 0. The minimum absolute atomic E-state index is 0.134. The fourth-order valence-corrected chi connectivity index (χ4v) is 3.73. The van der Waals surface area contributed by atoms with Crippen LogP contribution in [0.5, 0.6) is 0 Å². The first kappa shape index (κ1) is 20.7. The Labute approximate surface area is 165 Å². The lowest BCUT2D eigenvalue weighted by atomic mass is 9.90. The molecule has 1 nitrogen and oxygen atoms in total. The number of ether oxygens (including phenoxy) is 1. The van der Waals surface area contributed by atoms with E-state index in [0.29, 0.717) is 12.5 Å². The van der Waals surface area contributed by atoms with Gasteiger partial charge in [0.05, 0.1) is 18.3 Å². The molecule has 3 rings (SSSR count). The van der Waals surface area contributed by atoms with Crippen molar-refractivity contribution in [1.82, 2.24) is 0 Å². The van der Waals surface area contributed by atoms with Crippen molar-refractivity contribution < 1.29 is 17.9 Å². The molecule has 1 aliphatic rings. The molecule has 1 saturated heterocycles. The summed E-state index contributed by atoms with van der Waals surface area (Å²) in [5.41, 5.74) is 2.55. The average molecular weight is 388 g/mol. The highest BCUT2D eigenvalue weighted by atomic mass is 19.3. The van der Waals surface area contributed by atoms with Gasteiger partial charge in [-0.2, -0.15) is 0 Å². The fourth-order valence-electron chi connectivity index (χ4n) is 3.73. The van der Waals surface area contributed by atoms with Crippen molar-refractivity contribution in [2.24, 2.45) is 0 Å². The van der Waals surface area contributed by atoms with Crippen LogP contribution < -0.4 is 0 Å². The van der Waals surface area contributed by atoms with E-state index in [4.69, 9.17) is 4.74 Å². The van der Waals surface area contributed by atoms with E-state index < -0.39 is 17.8 Å². The Balaban J connectivity index is 1.62. The van der Waals surface area contributed by atoms with Crippen LogP contribution in [-0.2, 0) is 11.2 Å². The average Bonchev–Trinajstić information content (AvgIpc) is 2.70. The molecule has 2 atom stereocenters. The summed E-state index contributed by atoms with van der Waals surface area (Å²) in [5, 5.41) is 0. The second kappa shape index (κ2) is 9.42. The summed E-state index contributed by atoms with van der Waals surface area (Å²) in [5.74, 6) is -0.470. The SMILES string of the molecule is CCCc1ccc(C2CCC(C=Cc3ccc(C)c(F)c3C(F)F)OC2)cc1. The number of alkyl halides is 2. The Bertz CT molecular complexity index is 803. The quantitative estimate of drug-likeness (QED) is 0.518. The molecule has 0 saturated carbocycles. The molecule has 2 aromatic rings. The van der Waals surface area contributed by atoms with Crippen LogP contribution in [0.1, 0.15) is 66.3 Å². The molecule has 0 amide bonds. The summed E-state index contributed by atoms with van der Waals surface area (Å²) >= 11 is 0. The molecular weight excluding hydrogens is 361 g/mol. The zero-order valence-corrected chi connectivity index (χ0v) is 16.4. The van der Waals surface area contributed by atoms with Crippen LogP contribution in [0.2, 0.25) is 0 Å². The van der Waals surface area contributed by atoms with Crippen molar-refractivity contribution in [3.05, 3.63) is 76.1 Å². The van der Waals surface area contributed by atoms with Gasteiger partial charge in [-0.3, -0.25) is 0 Å². The largest absolute Gasteiger partial charge is 0.374 e. The molecule has 0 aliphatic carbocycles. The Morgan fingerprint density at radius 1 is 1.11 bits per heavy atom.